The van der Waals surface area contributed by atoms with Gasteiger partial charge in [-0.05, 0) is 52.9 Å². The fourth-order valence-corrected chi connectivity index (χ4v) is 3.32. The van der Waals surface area contributed by atoms with Crippen molar-refractivity contribution >= 4 is 38.9 Å². The summed E-state index contributed by atoms with van der Waals surface area (Å²) >= 11 is 11.0. The maximum atomic E-state index is 10.1. The van der Waals surface area contributed by atoms with Crippen molar-refractivity contribution in [1.29, 1.82) is 0 Å². The number of aliphatic hydroxyl groups excluding tert-OH is 1. The molecule has 4 heteroatoms. The SMILES string of the molecule is OC(CCc1ccsc1)c1ccc(Cl)cc1Br. The summed E-state index contributed by atoms with van der Waals surface area (Å²) in [6.45, 7) is 0. The topological polar surface area (TPSA) is 20.2 Å². The van der Waals surface area contributed by atoms with Crippen LogP contribution in [0.3, 0.4) is 0 Å². The summed E-state index contributed by atoms with van der Waals surface area (Å²) in [5, 5.41) is 15.0. The van der Waals surface area contributed by atoms with E-state index < -0.39 is 6.10 Å². The monoisotopic (exact) mass is 330 g/mol. The van der Waals surface area contributed by atoms with Gasteiger partial charge in [-0.1, -0.05) is 33.6 Å². The summed E-state index contributed by atoms with van der Waals surface area (Å²) in [6.07, 6.45) is 1.15. The maximum Gasteiger partial charge on any atom is 0.0804 e. The minimum atomic E-state index is -0.457. The van der Waals surface area contributed by atoms with Gasteiger partial charge in [0.25, 0.3) is 0 Å². The van der Waals surface area contributed by atoms with E-state index in [1.807, 2.05) is 12.1 Å². The van der Waals surface area contributed by atoms with E-state index in [-0.39, 0.29) is 0 Å². The summed E-state index contributed by atoms with van der Waals surface area (Å²) in [7, 11) is 0. The summed E-state index contributed by atoms with van der Waals surface area (Å²) in [5.41, 5.74) is 2.17. The molecule has 0 bridgehead atoms. The van der Waals surface area contributed by atoms with Gasteiger partial charge >= 0.3 is 0 Å². The van der Waals surface area contributed by atoms with Gasteiger partial charge in [0, 0.05) is 9.50 Å². The van der Waals surface area contributed by atoms with Crippen molar-refractivity contribution in [1.82, 2.24) is 0 Å². The van der Waals surface area contributed by atoms with Crippen LogP contribution in [0, 0.1) is 0 Å². The van der Waals surface area contributed by atoms with Crippen molar-refractivity contribution in [3.8, 4) is 0 Å². The second kappa shape index (κ2) is 6.01. The molecule has 1 unspecified atom stereocenters. The van der Waals surface area contributed by atoms with Crippen LogP contribution in [0.15, 0.2) is 39.5 Å². The maximum absolute atomic E-state index is 10.1. The van der Waals surface area contributed by atoms with Gasteiger partial charge in [0.15, 0.2) is 0 Å². The molecule has 0 spiro atoms. The fraction of sp³-hybridized carbons (Fsp3) is 0.231. The molecule has 1 heterocycles. The highest BCUT2D eigenvalue weighted by molar-refractivity contribution is 9.10. The number of aryl methyl sites for hydroxylation is 1. The number of hydrogen-bond acceptors (Lipinski definition) is 2. The number of hydrogen-bond donors (Lipinski definition) is 1. The van der Waals surface area contributed by atoms with E-state index in [1.54, 1.807) is 17.4 Å². The second-order valence-electron chi connectivity index (χ2n) is 3.85. The lowest BCUT2D eigenvalue weighted by molar-refractivity contribution is 0.167. The fourth-order valence-electron chi connectivity index (χ4n) is 1.67. The third-order valence-corrected chi connectivity index (χ3v) is 4.26. The Bertz CT molecular complexity index is 484. The molecule has 1 nitrogen and oxygen atoms in total. The van der Waals surface area contributed by atoms with E-state index in [0.717, 1.165) is 22.9 Å². The van der Waals surface area contributed by atoms with Gasteiger partial charge in [0.2, 0.25) is 0 Å². The number of aliphatic hydroxyl groups is 1. The molecule has 0 aliphatic carbocycles. The zero-order chi connectivity index (χ0) is 12.3. The van der Waals surface area contributed by atoms with Crippen LogP contribution in [0.2, 0.25) is 5.02 Å². The van der Waals surface area contributed by atoms with Crippen molar-refractivity contribution in [3.05, 3.63) is 55.6 Å². The van der Waals surface area contributed by atoms with Crippen LogP contribution in [-0.2, 0) is 6.42 Å². The number of thiophene rings is 1. The molecule has 0 aliphatic rings. The van der Waals surface area contributed by atoms with Gasteiger partial charge in [0.1, 0.15) is 0 Å². The van der Waals surface area contributed by atoms with E-state index >= 15 is 0 Å². The zero-order valence-corrected chi connectivity index (χ0v) is 12.2. The van der Waals surface area contributed by atoms with Gasteiger partial charge in [0.05, 0.1) is 6.10 Å². The quantitative estimate of drug-likeness (QED) is 0.850. The predicted molar refractivity (Wildman–Crippen MR) is 76.8 cm³/mol. The lowest BCUT2D eigenvalue weighted by Crippen LogP contribution is -2.00. The van der Waals surface area contributed by atoms with E-state index in [9.17, 15) is 5.11 Å². The molecular weight excluding hydrogens is 320 g/mol. The Labute approximate surface area is 118 Å². The average molecular weight is 332 g/mol. The number of halogens is 2. The summed E-state index contributed by atoms with van der Waals surface area (Å²) in [6, 6.07) is 7.57. The summed E-state index contributed by atoms with van der Waals surface area (Å²) in [5.74, 6) is 0. The first kappa shape index (κ1) is 13.1. The molecule has 1 aromatic carbocycles. The van der Waals surface area contributed by atoms with E-state index in [2.05, 4.69) is 32.8 Å². The summed E-state index contributed by atoms with van der Waals surface area (Å²) in [4.78, 5) is 0. The molecule has 1 aromatic heterocycles. The van der Waals surface area contributed by atoms with Gasteiger partial charge in [-0.3, -0.25) is 0 Å². The molecular formula is C13H12BrClOS. The Morgan fingerprint density at radius 2 is 2.18 bits per heavy atom. The van der Waals surface area contributed by atoms with Gasteiger partial charge in [-0.15, -0.1) is 0 Å². The molecule has 2 aromatic rings. The molecule has 0 fully saturated rings. The zero-order valence-electron chi connectivity index (χ0n) is 9.07. The standard InChI is InChI=1S/C13H12BrClOS/c14-12-7-10(15)2-3-11(12)13(16)4-1-9-5-6-17-8-9/h2-3,5-8,13,16H,1,4H2. The van der Waals surface area contributed by atoms with Crippen molar-refractivity contribution < 1.29 is 5.11 Å². The first-order valence-corrected chi connectivity index (χ1v) is 7.42. The van der Waals surface area contributed by atoms with Crippen molar-refractivity contribution in [3.63, 3.8) is 0 Å². The molecule has 0 aliphatic heterocycles. The van der Waals surface area contributed by atoms with E-state index in [1.165, 1.54) is 5.56 Å². The minimum absolute atomic E-state index is 0.457. The molecule has 0 amide bonds. The molecule has 0 saturated carbocycles. The molecule has 17 heavy (non-hydrogen) atoms. The molecule has 0 radical (unpaired) electrons. The average Bonchev–Trinajstić information content (AvgIpc) is 2.78. The highest BCUT2D eigenvalue weighted by Gasteiger charge is 2.11. The van der Waals surface area contributed by atoms with Crippen LogP contribution >= 0.6 is 38.9 Å². The number of rotatable bonds is 4. The van der Waals surface area contributed by atoms with Crippen molar-refractivity contribution in [2.45, 2.75) is 18.9 Å². The first-order valence-electron chi connectivity index (χ1n) is 5.31. The van der Waals surface area contributed by atoms with Crippen LogP contribution in [0.4, 0.5) is 0 Å². The van der Waals surface area contributed by atoms with Crippen molar-refractivity contribution in [2.24, 2.45) is 0 Å². The Kier molecular flexibility index (Phi) is 4.62. The minimum Gasteiger partial charge on any atom is -0.388 e. The number of benzene rings is 1. The van der Waals surface area contributed by atoms with Crippen molar-refractivity contribution in [2.75, 3.05) is 0 Å². The van der Waals surface area contributed by atoms with Crippen LogP contribution in [0.1, 0.15) is 23.7 Å². The third kappa shape index (κ3) is 3.55. The molecule has 90 valence electrons. The van der Waals surface area contributed by atoms with Crippen LogP contribution in [0.25, 0.3) is 0 Å². The molecule has 0 saturated heterocycles. The lowest BCUT2D eigenvalue weighted by atomic mass is 10.0. The van der Waals surface area contributed by atoms with Gasteiger partial charge < -0.3 is 5.11 Å². The van der Waals surface area contributed by atoms with E-state index in [0.29, 0.717) is 5.02 Å². The Morgan fingerprint density at radius 3 is 2.82 bits per heavy atom. The van der Waals surface area contributed by atoms with E-state index in [4.69, 9.17) is 11.6 Å². The van der Waals surface area contributed by atoms with Crippen LogP contribution in [-0.4, -0.2) is 5.11 Å². The predicted octanol–water partition coefficient (Wildman–Crippen LogP) is 4.83. The highest BCUT2D eigenvalue weighted by atomic mass is 79.9. The smallest absolute Gasteiger partial charge is 0.0804 e. The molecule has 1 atom stereocenters. The highest BCUT2D eigenvalue weighted by Crippen LogP contribution is 2.29. The van der Waals surface area contributed by atoms with Gasteiger partial charge in [-0.2, -0.15) is 11.3 Å². The first-order chi connectivity index (χ1) is 8.16. The lowest BCUT2D eigenvalue weighted by Gasteiger charge is -2.12. The Morgan fingerprint density at radius 1 is 1.35 bits per heavy atom. The normalized spacial score (nSPS) is 12.6. The Hall–Kier alpha value is -0.350. The second-order valence-corrected chi connectivity index (χ2v) is 5.92. The largest absolute Gasteiger partial charge is 0.388 e. The molecule has 1 N–H and O–H groups in total. The Balaban J connectivity index is 2.01. The van der Waals surface area contributed by atoms with Crippen LogP contribution in [0.5, 0.6) is 0 Å². The van der Waals surface area contributed by atoms with Crippen LogP contribution < -0.4 is 0 Å². The molecule has 2 rings (SSSR count). The third-order valence-electron chi connectivity index (χ3n) is 2.61. The summed E-state index contributed by atoms with van der Waals surface area (Å²) < 4.78 is 0.864. The van der Waals surface area contributed by atoms with Gasteiger partial charge in [-0.25, -0.2) is 0 Å².